The summed E-state index contributed by atoms with van der Waals surface area (Å²) in [6.45, 7) is 0.485. The molecule has 5 nitrogen and oxygen atoms in total. The number of hydrogen-bond acceptors (Lipinski definition) is 3. The van der Waals surface area contributed by atoms with Gasteiger partial charge in [-0.25, -0.2) is 4.39 Å². The molecule has 0 radical (unpaired) electrons. The summed E-state index contributed by atoms with van der Waals surface area (Å²) >= 11 is 0. The first-order chi connectivity index (χ1) is 13.3. The lowest BCUT2D eigenvalue weighted by Gasteiger charge is -2.22. The maximum absolute atomic E-state index is 13.0. The number of alkyl halides is 2. The number of carbonyl (C=O) groups excluding carboxylic acids is 2. The second-order valence-corrected chi connectivity index (χ2v) is 6.41. The van der Waals surface area contributed by atoms with Crippen LogP contribution in [0.25, 0.3) is 0 Å². The van der Waals surface area contributed by atoms with Crippen molar-refractivity contribution >= 4 is 11.8 Å². The van der Waals surface area contributed by atoms with Crippen molar-refractivity contribution in [1.82, 2.24) is 10.6 Å². The van der Waals surface area contributed by atoms with Crippen LogP contribution >= 0.6 is 0 Å². The number of para-hydroxylation sites is 1. The number of ether oxygens (including phenoxy) is 1. The maximum Gasteiger partial charge on any atom is 0.387 e. The molecule has 28 heavy (non-hydrogen) atoms. The van der Waals surface area contributed by atoms with E-state index in [1.807, 2.05) is 0 Å². The van der Waals surface area contributed by atoms with Gasteiger partial charge in [-0.2, -0.15) is 8.78 Å². The lowest BCUT2D eigenvalue weighted by Crippen LogP contribution is -2.49. The molecule has 0 aliphatic heterocycles. The van der Waals surface area contributed by atoms with Gasteiger partial charge in [-0.3, -0.25) is 9.59 Å². The minimum atomic E-state index is -2.98. The molecule has 2 rings (SSSR count). The molecule has 0 aliphatic carbocycles. The Labute approximate surface area is 160 Å². The first kappa shape index (κ1) is 21.3. The summed E-state index contributed by atoms with van der Waals surface area (Å²) < 4.78 is 42.4. The Morgan fingerprint density at radius 1 is 1.04 bits per heavy atom. The quantitative estimate of drug-likeness (QED) is 0.720. The van der Waals surface area contributed by atoms with E-state index >= 15 is 0 Å². The van der Waals surface area contributed by atoms with Gasteiger partial charge < -0.3 is 15.4 Å². The molecule has 0 aromatic heterocycles. The van der Waals surface area contributed by atoms with Crippen molar-refractivity contribution in [2.45, 2.75) is 33.0 Å². The zero-order valence-electron chi connectivity index (χ0n) is 15.4. The minimum Gasteiger partial charge on any atom is -0.434 e. The van der Waals surface area contributed by atoms with Gasteiger partial charge in [-0.05, 0) is 36.2 Å². The lowest BCUT2D eigenvalue weighted by molar-refractivity contribution is -0.124. The van der Waals surface area contributed by atoms with Crippen LogP contribution < -0.4 is 15.4 Å². The van der Waals surface area contributed by atoms with Crippen LogP contribution in [0.5, 0.6) is 5.75 Å². The van der Waals surface area contributed by atoms with Crippen molar-refractivity contribution < 1.29 is 27.5 Å². The Kier molecular flexibility index (Phi) is 7.43. The van der Waals surface area contributed by atoms with E-state index in [1.54, 1.807) is 32.0 Å². The highest BCUT2D eigenvalue weighted by molar-refractivity contribution is 5.97. The summed E-state index contributed by atoms with van der Waals surface area (Å²) in [5, 5.41) is 5.23. The van der Waals surface area contributed by atoms with Crippen molar-refractivity contribution in [3.63, 3.8) is 0 Å². The fraction of sp³-hybridized carbons (Fsp3) is 0.300. The van der Waals surface area contributed by atoms with Gasteiger partial charge in [-0.15, -0.1) is 0 Å². The van der Waals surface area contributed by atoms with Crippen LogP contribution in [-0.4, -0.2) is 24.5 Å². The van der Waals surface area contributed by atoms with E-state index in [0.29, 0.717) is 5.56 Å². The molecule has 0 fully saturated rings. The van der Waals surface area contributed by atoms with Crippen molar-refractivity contribution in [1.29, 1.82) is 0 Å². The normalized spacial score (nSPS) is 12.0. The van der Waals surface area contributed by atoms with Crippen molar-refractivity contribution in [2.24, 2.45) is 5.92 Å². The SMILES string of the molecule is CC(C)[C@H](NC(=O)c1ccc(F)cc1)C(=O)NCc1ccccc1OC(F)F. The van der Waals surface area contributed by atoms with Gasteiger partial charge in [0.2, 0.25) is 5.91 Å². The highest BCUT2D eigenvalue weighted by Crippen LogP contribution is 2.20. The van der Waals surface area contributed by atoms with Crippen LogP contribution in [-0.2, 0) is 11.3 Å². The van der Waals surface area contributed by atoms with E-state index in [4.69, 9.17) is 0 Å². The molecule has 1 atom stereocenters. The molecule has 0 spiro atoms. The van der Waals surface area contributed by atoms with Crippen molar-refractivity contribution in [3.8, 4) is 5.75 Å². The molecule has 0 unspecified atom stereocenters. The Morgan fingerprint density at radius 3 is 2.29 bits per heavy atom. The predicted molar refractivity (Wildman–Crippen MR) is 97.4 cm³/mol. The summed E-state index contributed by atoms with van der Waals surface area (Å²) in [6.07, 6.45) is 0. The van der Waals surface area contributed by atoms with Crippen LogP contribution in [0.4, 0.5) is 13.2 Å². The average Bonchev–Trinajstić information content (AvgIpc) is 2.64. The predicted octanol–water partition coefficient (Wildman–Crippen LogP) is 3.50. The van der Waals surface area contributed by atoms with Gasteiger partial charge in [0.25, 0.3) is 5.91 Å². The number of nitrogens with one attached hydrogen (secondary N) is 2. The molecule has 2 aromatic carbocycles. The highest BCUT2D eigenvalue weighted by Gasteiger charge is 2.25. The third-order valence-electron chi connectivity index (χ3n) is 3.98. The Hall–Kier alpha value is -3.03. The van der Waals surface area contributed by atoms with Crippen LogP contribution in [0, 0.1) is 11.7 Å². The summed E-state index contributed by atoms with van der Waals surface area (Å²) in [6, 6.07) is 10.2. The number of rotatable bonds is 8. The fourth-order valence-electron chi connectivity index (χ4n) is 2.51. The second kappa shape index (κ2) is 9.77. The lowest BCUT2D eigenvalue weighted by atomic mass is 10.0. The zero-order valence-corrected chi connectivity index (χ0v) is 15.4. The van der Waals surface area contributed by atoms with E-state index in [1.165, 1.54) is 18.2 Å². The zero-order chi connectivity index (χ0) is 20.7. The van der Waals surface area contributed by atoms with E-state index < -0.39 is 30.3 Å². The Bertz CT molecular complexity index is 811. The molecule has 0 saturated heterocycles. The standard InChI is InChI=1S/C20H21F3N2O3/c1-12(2)17(25-18(26)13-7-9-15(21)10-8-13)19(27)24-11-14-5-3-4-6-16(14)28-20(22)23/h3-10,12,17,20H,11H2,1-2H3,(H,24,27)(H,25,26)/t17-/m0/s1. The van der Waals surface area contributed by atoms with E-state index in [-0.39, 0.29) is 23.8 Å². The Balaban J connectivity index is 2.03. The third-order valence-corrected chi connectivity index (χ3v) is 3.98. The highest BCUT2D eigenvalue weighted by atomic mass is 19.3. The van der Waals surface area contributed by atoms with Crippen LogP contribution in [0.3, 0.4) is 0 Å². The number of benzene rings is 2. The van der Waals surface area contributed by atoms with Gasteiger partial charge in [-0.1, -0.05) is 32.0 Å². The molecule has 2 amide bonds. The topological polar surface area (TPSA) is 67.4 Å². The van der Waals surface area contributed by atoms with E-state index in [0.717, 1.165) is 12.1 Å². The van der Waals surface area contributed by atoms with E-state index in [9.17, 15) is 22.8 Å². The first-order valence-corrected chi connectivity index (χ1v) is 8.64. The molecular weight excluding hydrogens is 373 g/mol. The molecule has 2 aromatic rings. The molecular formula is C20H21F3N2O3. The van der Waals surface area contributed by atoms with Gasteiger partial charge >= 0.3 is 6.61 Å². The molecule has 0 heterocycles. The Morgan fingerprint density at radius 2 is 1.68 bits per heavy atom. The van der Waals surface area contributed by atoms with Gasteiger partial charge in [0, 0.05) is 17.7 Å². The molecule has 0 bridgehead atoms. The van der Waals surface area contributed by atoms with Crippen LogP contribution in [0.1, 0.15) is 29.8 Å². The number of hydrogen-bond donors (Lipinski definition) is 2. The second-order valence-electron chi connectivity index (χ2n) is 6.41. The molecule has 0 aliphatic rings. The monoisotopic (exact) mass is 394 g/mol. The fourth-order valence-corrected chi connectivity index (χ4v) is 2.51. The molecule has 0 saturated carbocycles. The molecule has 2 N–H and O–H groups in total. The minimum absolute atomic E-state index is 0.0331. The summed E-state index contributed by atoms with van der Waals surface area (Å²) in [4.78, 5) is 24.8. The van der Waals surface area contributed by atoms with Crippen molar-refractivity contribution in [2.75, 3.05) is 0 Å². The van der Waals surface area contributed by atoms with Crippen molar-refractivity contribution in [3.05, 3.63) is 65.5 Å². The average molecular weight is 394 g/mol. The van der Waals surface area contributed by atoms with Gasteiger partial charge in [0.1, 0.15) is 17.6 Å². The summed E-state index contributed by atoms with van der Waals surface area (Å²) in [5.74, 6) is -1.74. The van der Waals surface area contributed by atoms with Gasteiger partial charge in [0.15, 0.2) is 0 Å². The van der Waals surface area contributed by atoms with Gasteiger partial charge in [0.05, 0.1) is 0 Å². The number of amides is 2. The number of carbonyl (C=O) groups is 2. The molecule has 8 heteroatoms. The summed E-state index contributed by atoms with van der Waals surface area (Å²) in [5.41, 5.74) is 0.596. The van der Waals surface area contributed by atoms with Crippen LogP contribution in [0.2, 0.25) is 0 Å². The third kappa shape index (κ3) is 6.00. The molecule has 150 valence electrons. The summed E-state index contributed by atoms with van der Waals surface area (Å²) in [7, 11) is 0. The maximum atomic E-state index is 13.0. The van der Waals surface area contributed by atoms with E-state index in [2.05, 4.69) is 15.4 Å². The van der Waals surface area contributed by atoms with Crippen LogP contribution in [0.15, 0.2) is 48.5 Å². The first-order valence-electron chi connectivity index (χ1n) is 8.64. The largest absolute Gasteiger partial charge is 0.434 e. The smallest absolute Gasteiger partial charge is 0.387 e. The number of halogens is 3.